The summed E-state index contributed by atoms with van der Waals surface area (Å²) in [5.74, 6) is 0.231. The lowest BCUT2D eigenvalue weighted by Crippen LogP contribution is -2.43. The molecule has 1 atom stereocenters. The van der Waals surface area contributed by atoms with Gasteiger partial charge in [0.05, 0.1) is 26.4 Å². The Morgan fingerprint density at radius 3 is 2.47 bits per heavy atom. The zero-order valence-electron chi connectivity index (χ0n) is 17.9. The first kappa shape index (κ1) is 23.9. The standard InChI is InChI=1S/C23H27F3N2O4/c1-30-19-9-6-17(7-10-19)20(28-12-14-31-15-13-28)16-27-22(29)11-8-18-4-2-3-5-21(18)32-23(24,25)26/h2-7,9-10,20H,8,11-16H2,1H3,(H,27,29). The first-order valence-electron chi connectivity index (χ1n) is 10.4. The Hall–Kier alpha value is -2.78. The maximum absolute atomic E-state index is 12.6. The van der Waals surface area contributed by atoms with Crippen LogP contribution >= 0.6 is 0 Å². The molecule has 3 rings (SSSR count). The van der Waals surface area contributed by atoms with Gasteiger partial charge in [0.2, 0.25) is 5.91 Å². The molecule has 32 heavy (non-hydrogen) atoms. The van der Waals surface area contributed by atoms with Crippen molar-refractivity contribution in [2.45, 2.75) is 25.2 Å². The smallest absolute Gasteiger partial charge is 0.497 e. The minimum absolute atomic E-state index is 0.0467. The molecule has 174 valence electrons. The normalized spacial score (nSPS) is 15.8. The van der Waals surface area contributed by atoms with Gasteiger partial charge in [-0.15, -0.1) is 13.2 Å². The Bertz CT molecular complexity index is 868. The molecule has 1 unspecified atom stereocenters. The second-order valence-corrected chi connectivity index (χ2v) is 7.40. The van der Waals surface area contributed by atoms with Gasteiger partial charge in [0, 0.05) is 26.1 Å². The number of amides is 1. The van der Waals surface area contributed by atoms with Crippen molar-refractivity contribution in [1.29, 1.82) is 0 Å². The zero-order valence-corrected chi connectivity index (χ0v) is 17.9. The number of hydrogen-bond donors (Lipinski definition) is 1. The van der Waals surface area contributed by atoms with Crippen LogP contribution in [0.3, 0.4) is 0 Å². The Morgan fingerprint density at radius 1 is 1.12 bits per heavy atom. The molecule has 1 saturated heterocycles. The molecule has 1 aliphatic rings. The molecule has 0 aliphatic carbocycles. The first-order valence-corrected chi connectivity index (χ1v) is 10.4. The number of para-hydroxylation sites is 1. The Kier molecular flexibility index (Phi) is 8.35. The van der Waals surface area contributed by atoms with Crippen LogP contribution in [0.4, 0.5) is 13.2 Å². The number of benzene rings is 2. The van der Waals surface area contributed by atoms with Gasteiger partial charge in [-0.2, -0.15) is 0 Å². The quantitative estimate of drug-likeness (QED) is 0.629. The van der Waals surface area contributed by atoms with E-state index in [-0.39, 0.29) is 30.5 Å². The fourth-order valence-electron chi connectivity index (χ4n) is 3.65. The fourth-order valence-corrected chi connectivity index (χ4v) is 3.65. The third-order valence-electron chi connectivity index (χ3n) is 5.30. The molecule has 0 spiro atoms. The van der Waals surface area contributed by atoms with Crippen LogP contribution in [0.15, 0.2) is 48.5 Å². The van der Waals surface area contributed by atoms with Gasteiger partial charge in [0.1, 0.15) is 11.5 Å². The molecular weight excluding hydrogens is 425 g/mol. The summed E-state index contributed by atoms with van der Waals surface area (Å²) in [4.78, 5) is 14.7. The van der Waals surface area contributed by atoms with Crippen LogP contribution in [0.2, 0.25) is 0 Å². The summed E-state index contributed by atoms with van der Waals surface area (Å²) >= 11 is 0. The maximum Gasteiger partial charge on any atom is 0.573 e. The third kappa shape index (κ3) is 7.13. The summed E-state index contributed by atoms with van der Waals surface area (Å²) in [7, 11) is 1.60. The molecule has 1 N–H and O–H groups in total. The van der Waals surface area contributed by atoms with E-state index >= 15 is 0 Å². The zero-order chi connectivity index (χ0) is 23.0. The Balaban J connectivity index is 1.60. The molecule has 0 saturated carbocycles. The van der Waals surface area contributed by atoms with Crippen LogP contribution in [0, 0.1) is 0 Å². The highest BCUT2D eigenvalue weighted by Gasteiger charge is 2.32. The largest absolute Gasteiger partial charge is 0.573 e. The number of hydrogen-bond acceptors (Lipinski definition) is 5. The first-order chi connectivity index (χ1) is 15.4. The predicted octanol–water partition coefficient (Wildman–Crippen LogP) is 3.72. The van der Waals surface area contributed by atoms with Gasteiger partial charge in [-0.1, -0.05) is 30.3 Å². The van der Waals surface area contributed by atoms with Crippen LogP contribution < -0.4 is 14.8 Å². The van der Waals surface area contributed by atoms with Crippen molar-refractivity contribution in [2.24, 2.45) is 0 Å². The van der Waals surface area contributed by atoms with Crippen LogP contribution in [0.5, 0.6) is 11.5 Å². The van der Waals surface area contributed by atoms with Crippen LogP contribution in [-0.4, -0.2) is 57.1 Å². The molecule has 2 aromatic carbocycles. The number of carbonyl (C=O) groups is 1. The lowest BCUT2D eigenvalue weighted by molar-refractivity contribution is -0.274. The van der Waals surface area contributed by atoms with Crippen LogP contribution in [-0.2, 0) is 16.0 Å². The molecule has 9 heteroatoms. The molecule has 1 aliphatic heterocycles. The van der Waals surface area contributed by atoms with E-state index in [2.05, 4.69) is 15.0 Å². The predicted molar refractivity (Wildman–Crippen MR) is 113 cm³/mol. The van der Waals surface area contributed by atoms with Crippen LogP contribution in [0.25, 0.3) is 0 Å². The summed E-state index contributed by atoms with van der Waals surface area (Å²) in [6, 6.07) is 13.5. The van der Waals surface area contributed by atoms with Crippen molar-refractivity contribution >= 4 is 5.91 Å². The molecule has 1 fully saturated rings. The Morgan fingerprint density at radius 2 is 1.81 bits per heavy atom. The summed E-state index contributed by atoms with van der Waals surface area (Å²) in [6.07, 6.45) is -4.58. The highest BCUT2D eigenvalue weighted by Crippen LogP contribution is 2.27. The third-order valence-corrected chi connectivity index (χ3v) is 5.30. The molecule has 0 aromatic heterocycles. The number of carbonyl (C=O) groups excluding carboxylic acids is 1. The van der Waals surface area contributed by atoms with Crippen molar-refractivity contribution in [3.05, 3.63) is 59.7 Å². The molecule has 0 radical (unpaired) electrons. The van der Waals surface area contributed by atoms with E-state index in [4.69, 9.17) is 9.47 Å². The van der Waals surface area contributed by atoms with Crippen molar-refractivity contribution < 1.29 is 32.2 Å². The number of nitrogens with one attached hydrogen (secondary N) is 1. The summed E-state index contributed by atoms with van der Waals surface area (Å²) < 4.78 is 52.5. The minimum Gasteiger partial charge on any atom is -0.497 e. The van der Waals surface area contributed by atoms with Gasteiger partial charge in [-0.25, -0.2) is 0 Å². The van der Waals surface area contributed by atoms with Crippen LogP contribution in [0.1, 0.15) is 23.6 Å². The lowest BCUT2D eigenvalue weighted by atomic mass is 10.0. The lowest BCUT2D eigenvalue weighted by Gasteiger charge is -2.35. The SMILES string of the molecule is COc1ccc(C(CNC(=O)CCc2ccccc2OC(F)(F)F)N2CCOCC2)cc1. The minimum atomic E-state index is -4.78. The molecule has 0 bridgehead atoms. The average molecular weight is 452 g/mol. The number of ether oxygens (including phenoxy) is 3. The van der Waals surface area contributed by atoms with E-state index in [1.54, 1.807) is 13.2 Å². The highest BCUT2D eigenvalue weighted by atomic mass is 19.4. The van der Waals surface area contributed by atoms with E-state index in [1.807, 2.05) is 24.3 Å². The van der Waals surface area contributed by atoms with Gasteiger partial charge in [0.15, 0.2) is 0 Å². The number of alkyl halides is 3. The molecule has 2 aromatic rings. The monoisotopic (exact) mass is 452 g/mol. The van der Waals surface area contributed by atoms with Crippen molar-refractivity contribution in [1.82, 2.24) is 10.2 Å². The van der Waals surface area contributed by atoms with E-state index in [1.165, 1.54) is 18.2 Å². The number of halogens is 3. The van der Waals surface area contributed by atoms with Crippen molar-refractivity contribution in [3.63, 3.8) is 0 Å². The van der Waals surface area contributed by atoms with E-state index in [0.717, 1.165) is 24.4 Å². The number of morpholine rings is 1. The Labute approximate surface area is 185 Å². The number of nitrogens with zero attached hydrogens (tertiary/aromatic N) is 1. The van der Waals surface area contributed by atoms with Gasteiger partial charge in [-0.05, 0) is 35.7 Å². The highest BCUT2D eigenvalue weighted by molar-refractivity contribution is 5.76. The fraction of sp³-hybridized carbons (Fsp3) is 0.435. The average Bonchev–Trinajstić information content (AvgIpc) is 2.79. The molecule has 6 nitrogen and oxygen atoms in total. The molecular formula is C23H27F3N2O4. The second-order valence-electron chi connectivity index (χ2n) is 7.40. The maximum atomic E-state index is 12.6. The van der Waals surface area contributed by atoms with Gasteiger partial charge in [-0.3, -0.25) is 9.69 Å². The van der Waals surface area contributed by atoms with Gasteiger partial charge in [0.25, 0.3) is 0 Å². The van der Waals surface area contributed by atoms with Crippen molar-refractivity contribution in [3.8, 4) is 11.5 Å². The van der Waals surface area contributed by atoms with E-state index in [9.17, 15) is 18.0 Å². The molecule has 1 amide bonds. The number of aryl methyl sites for hydroxylation is 1. The van der Waals surface area contributed by atoms with Crippen molar-refractivity contribution in [2.75, 3.05) is 40.0 Å². The van der Waals surface area contributed by atoms with Gasteiger partial charge < -0.3 is 19.5 Å². The summed E-state index contributed by atoms with van der Waals surface area (Å²) in [6.45, 7) is 3.11. The number of methoxy groups -OCH3 is 1. The summed E-state index contributed by atoms with van der Waals surface area (Å²) in [5, 5.41) is 2.93. The van der Waals surface area contributed by atoms with Gasteiger partial charge >= 0.3 is 6.36 Å². The molecule has 1 heterocycles. The number of rotatable bonds is 9. The van der Waals surface area contributed by atoms with E-state index in [0.29, 0.717) is 25.3 Å². The van der Waals surface area contributed by atoms with E-state index < -0.39 is 6.36 Å². The topological polar surface area (TPSA) is 60.0 Å². The summed E-state index contributed by atoms with van der Waals surface area (Å²) in [5.41, 5.74) is 1.37. The second kappa shape index (κ2) is 11.2.